The molecule has 2 rings (SSSR count). The lowest BCUT2D eigenvalue weighted by Crippen LogP contribution is -2.24. The minimum absolute atomic E-state index is 0.0800. The van der Waals surface area contributed by atoms with E-state index in [0.29, 0.717) is 24.2 Å². The molecule has 0 fully saturated rings. The number of carbonyl (C=O) groups excluding carboxylic acids is 2. The Labute approximate surface area is 150 Å². The highest BCUT2D eigenvalue weighted by molar-refractivity contribution is 6.01. The smallest absolute Gasteiger partial charge is 0.316 e. The van der Waals surface area contributed by atoms with Crippen LogP contribution in [0.5, 0.6) is 0 Å². The number of carbonyl (C=O) groups is 2. The Balaban J connectivity index is 2.20. The van der Waals surface area contributed by atoms with E-state index in [1.165, 1.54) is 5.56 Å². The third-order valence-corrected chi connectivity index (χ3v) is 4.31. The molecule has 25 heavy (non-hydrogen) atoms. The van der Waals surface area contributed by atoms with Gasteiger partial charge in [-0.15, -0.1) is 0 Å². The van der Waals surface area contributed by atoms with Gasteiger partial charge in [-0.25, -0.2) is 0 Å². The van der Waals surface area contributed by atoms with Gasteiger partial charge in [0.15, 0.2) is 5.78 Å². The van der Waals surface area contributed by atoms with Gasteiger partial charge in [0.1, 0.15) is 5.76 Å². The van der Waals surface area contributed by atoms with Gasteiger partial charge >= 0.3 is 5.97 Å². The number of esters is 1. The van der Waals surface area contributed by atoms with Crippen LogP contribution in [0.4, 0.5) is 0 Å². The van der Waals surface area contributed by atoms with Gasteiger partial charge in [0.05, 0.1) is 11.0 Å². The molecule has 0 saturated carbocycles. The van der Waals surface area contributed by atoms with Crippen LogP contribution in [0.3, 0.4) is 0 Å². The molecule has 134 valence electrons. The van der Waals surface area contributed by atoms with E-state index in [1.807, 2.05) is 45.9 Å². The van der Waals surface area contributed by atoms with Gasteiger partial charge in [-0.1, -0.05) is 36.4 Å². The van der Waals surface area contributed by atoms with Crippen molar-refractivity contribution in [2.24, 2.45) is 5.41 Å². The van der Waals surface area contributed by atoms with E-state index in [2.05, 4.69) is 18.2 Å². The molecular weight excluding hydrogens is 312 g/mol. The van der Waals surface area contributed by atoms with Crippen LogP contribution in [0, 0.1) is 5.41 Å². The fourth-order valence-electron chi connectivity index (χ4n) is 2.83. The summed E-state index contributed by atoms with van der Waals surface area (Å²) in [5.41, 5.74) is 2.18. The molecule has 0 aromatic heterocycles. The number of aryl methyl sites for hydroxylation is 1. The Morgan fingerprint density at radius 3 is 2.44 bits per heavy atom. The molecule has 3 heteroatoms. The zero-order valence-electron chi connectivity index (χ0n) is 15.7. The molecule has 3 nitrogen and oxygen atoms in total. The predicted octanol–water partition coefficient (Wildman–Crippen LogP) is 5.16. The van der Waals surface area contributed by atoms with Crippen molar-refractivity contribution in [3.05, 3.63) is 58.9 Å². The van der Waals surface area contributed by atoms with Gasteiger partial charge < -0.3 is 4.74 Å². The molecule has 1 aliphatic carbocycles. The molecule has 0 atom stereocenters. The summed E-state index contributed by atoms with van der Waals surface area (Å²) in [6, 6.07) is 10.2. The molecule has 1 aromatic rings. The zero-order chi connectivity index (χ0) is 18.4. The summed E-state index contributed by atoms with van der Waals surface area (Å²) in [7, 11) is 0. The van der Waals surface area contributed by atoms with Crippen LogP contribution >= 0.6 is 0 Å². The Morgan fingerprint density at radius 1 is 1.16 bits per heavy atom. The minimum Gasteiger partial charge on any atom is -0.430 e. The normalized spacial score (nSPS) is 17.1. The van der Waals surface area contributed by atoms with E-state index in [9.17, 15) is 9.59 Å². The van der Waals surface area contributed by atoms with E-state index >= 15 is 0 Å². The van der Waals surface area contributed by atoms with E-state index in [1.54, 1.807) is 0 Å². The van der Waals surface area contributed by atoms with Gasteiger partial charge in [0.2, 0.25) is 0 Å². The second-order valence-corrected chi connectivity index (χ2v) is 7.63. The van der Waals surface area contributed by atoms with Crippen LogP contribution in [0.2, 0.25) is 0 Å². The largest absolute Gasteiger partial charge is 0.430 e. The molecule has 0 amide bonds. The number of hydrogen-bond donors (Lipinski definition) is 0. The van der Waals surface area contributed by atoms with Crippen LogP contribution in [0.1, 0.15) is 58.9 Å². The van der Waals surface area contributed by atoms with Gasteiger partial charge in [-0.2, -0.15) is 0 Å². The molecule has 0 radical (unpaired) electrons. The number of benzene rings is 1. The van der Waals surface area contributed by atoms with Gasteiger partial charge in [-0.05, 0) is 58.1 Å². The fourth-order valence-corrected chi connectivity index (χ4v) is 2.83. The summed E-state index contributed by atoms with van der Waals surface area (Å²) in [5.74, 6) is 0.326. The van der Waals surface area contributed by atoms with Crippen molar-refractivity contribution in [2.75, 3.05) is 0 Å². The predicted molar refractivity (Wildman–Crippen MR) is 100.0 cm³/mol. The third-order valence-electron chi connectivity index (χ3n) is 4.31. The SMILES string of the molecule is CC1=CCCC(=O)/C1=C(/CCCc1ccccc1)OC(=O)C(C)(C)C. The summed E-state index contributed by atoms with van der Waals surface area (Å²) in [5, 5.41) is 0. The maximum atomic E-state index is 12.4. The van der Waals surface area contributed by atoms with Crippen molar-refractivity contribution in [2.45, 2.75) is 59.8 Å². The molecule has 0 heterocycles. The van der Waals surface area contributed by atoms with E-state index in [0.717, 1.165) is 24.8 Å². The Morgan fingerprint density at radius 2 is 1.84 bits per heavy atom. The lowest BCUT2D eigenvalue weighted by atomic mass is 9.90. The summed E-state index contributed by atoms with van der Waals surface area (Å²) in [6.45, 7) is 7.40. The molecule has 0 spiro atoms. The molecule has 0 bridgehead atoms. The standard InChI is InChI=1S/C22H28O3/c1-16-10-8-14-18(23)20(16)19(25-21(24)22(2,3)4)15-9-13-17-11-6-5-7-12-17/h5-7,10-12H,8-9,13-15H2,1-4H3/b20-19-. The summed E-state index contributed by atoms with van der Waals surface area (Å²) < 4.78 is 5.71. The topological polar surface area (TPSA) is 43.4 Å². The van der Waals surface area contributed by atoms with Gasteiger partial charge in [0.25, 0.3) is 0 Å². The van der Waals surface area contributed by atoms with Crippen molar-refractivity contribution in [1.29, 1.82) is 0 Å². The van der Waals surface area contributed by atoms with E-state index in [4.69, 9.17) is 4.74 Å². The van der Waals surface area contributed by atoms with Crippen LogP contribution in [-0.2, 0) is 20.7 Å². The Bertz CT molecular complexity index is 688. The molecule has 0 unspecified atom stereocenters. The highest BCUT2D eigenvalue weighted by Crippen LogP contribution is 2.29. The molecule has 1 aromatic carbocycles. The van der Waals surface area contributed by atoms with Crippen LogP contribution in [-0.4, -0.2) is 11.8 Å². The van der Waals surface area contributed by atoms with Crippen molar-refractivity contribution in [3.8, 4) is 0 Å². The highest BCUT2D eigenvalue weighted by Gasteiger charge is 2.28. The van der Waals surface area contributed by atoms with Crippen LogP contribution in [0.15, 0.2) is 53.3 Å². The van der Waals surface area contributed by atoms with Crippen molar-refractivity contribution in [3.63, 3.8) is 0 Å². The number of allylic oxidation sites excluding steroid dienone is 4. The first kappa shape index (κ1) is 19.2. The van der Waals surface area contributed by atoms with Crippen molar-refractivity contribution < 1.29 is 14.3 Å². The number of ether oxygens (including phenoxy) is 1. The second-order valence-electron chi connectivity index (χ2n) is 7.63. The monoisotopic (exact) mass is 340 g/mol. The minimum atomic E-state index is -0.597. The molecular formula is C22H28O3. The lowest BCUT2D eigenvalue weighted by molar-refractivity contribution is -0.148. The number of rotatable bonds is 5. The number of ketones is 1. The quantitative estimate of drug-likeness (QED) is 0.422. The maximum Gasteiger partial charge on any atom is 0.316 e. The second kappa shape index (κ2) is 8.28. The van der Waals surface area contributed by atoms with Crippen molar-refractivity contribution >= 4 is 11.8 Å². The average Bonchev–Trinajstić information content (AvgIpc) is 2.54. The van der Waals surface area contributed by atoms with Crippen LogP contribution < -0.4 is 0 Å². The van der Waals surface area contributed by atoms with Crippen molar-refractivity contribution in [1.82, 2.24) is 0 Å². The molecule has 0 N–H and O–H groups in total. The first-order valence-corrected chi connectivity index (χ1v) is 8.98. The fraction of sp³-hybridized carbons (Fsp3) is 0.455. The van der Waals surface area contributed by atoms with E-state index in [-0.39, 0.29) is 11.8 Å². The zero-order valence-corrected chi connectivity index (χ0v) is 15.7. The molecule has 0 saturated heterocycles. The Kier molecular flexibility index (Phi) is 6.35. The maximum absolute atomic E-state index is 12.4. The van der Waals surface area contributed by atoms with E-state index < -0.39 is 5.41 Å². The lowest BCUT2D eigenvalue weighted by Gasteiger charge is -2.22. The number of hydrogen-bond acceptors (Lipinski definition) is 3. The Hall–Kier alpha value is -2.16. The number of Topliss-reactive ketones (excluding diaryl/α,β-unsaturated/α-hetero) is 1. The summed E-state index contributed by atoms with van der Waals surface area (Å²) >= 11 is 0. The van der Waals surface area contributed by atoms with Gasteiger partial charge in [0, 0.05) is 12.8 Å². The third kappa shape index (κ3) is 5.42. The molecule has 1 aliphatic rings. The first-order chi connectivity index (χ1) is 11.8. The first-order valence-electron chi connectivity index (χ1n) is 8.98. The average molecular weight is 340 g/mol. The molecule has 0 aliphatic heterocycles. The van der Waals surface area contributed by atoms with Crippen LogP contribution in [0.25, 0.3) is 0 Å². The highest BCUT2D eigenvalue weighted by atomic mass is 16.5. The summed E-state index contributed by atoms with van der Waals surface area (Å²) in [6.07, 6.45) is 5.62. The van der Waals surface area contributed by atoms with Gasteiger partial charge in [-0.3, -0.25) is 9.59 Å². The summed E-state index contributed by atoms with van der Waals surface area (Å²) in [4.78, 5) is 24.8.